The highest BCUT2D eigenvalue weighted by Gasteiger charge is 2.21. The summed E-state index contributed by atoms with van der Waals surface area (Å²) in [4.78, 5) is 4.53. The van der Waals surface area contributed by atoms with Crippen LogP contribution in [0.4, 0.5) is 0 Å². The van der Waals surface area contributed by atoms with E-state index < -0.39 is 0 Å². The van der Waals surface area contributed by atoms with Gasteiger partial charge in [0.25, 0.3) is 0 Å². The number of aryl methyl sites for hydroxylation is 2. The second kappa shape index (κ2) is 5.66. The van der Waals surface area contributed by atoms with E-state index in [0.717, 1.165) is 50.0 Å². The molecule has 2 heterocycles. The molecule has 2 aliphatic rings. The van der Waals surface area contributed by atoms with Gasteiger partial charge in [0.1, 0.15) is 6.61 Å². The molecule has 0 saturated carbocycles. The van der Waals surface area contributed by atoms with Gasteiger partial charge in [-0.2, -0.15) is 0 Å². The van der Waals surface area contributed by atoms with Crippen molar-refractivity contribution in [2.24, 2.45) is 10.9 Å². The average Bonchev–Trinajstić information content (AvgIpc) is 3.13. The zero-order valence-electron chi connectivity index (χ0n) is 11.3. The monoisotopic (exact) mass is 277 g/mol. The van der Waals surface area contributed by atoms with Gasteiger partial charge < -0.3 is 20.4 Å². The predicted octanol–water partition coefficient (Wildman–Crippen LogP) is 1.22. The van der Waals surface area contributed by atoms with Crippen LogP contribution in [0.1, 0.15) is 36.1 Å². The van der Waals surface area contributed by atoms with E-state index in [2.05, 4.69) is 10.1 Å². The largest absolute Gasteiger partial charge is 0.474 e. The van der Waals surface area contributed by atoms with Crippen molar-refractivity contribution < 1.29 is 14.7 Å². The van der Waals surface area contributed by atoms with Crippen molar-refractivity contribution in [3.8, 4) is 5.88 Å². The minimum atomic E-state index is 0.0366. The van der Waals surface area contributed by atoms with E-state index in [1.807, 2.05) is 6.07 Å². The summed E-state index contributed by atoms with van der Waals surface area (Å²) < 4.78 is 11.3. The van der Waals surface area contributed by atoms with Crippen LogP contribution in [-0.2, 0) is 17.6 Å². The van der Waals surface area contributed by atoms with E-state index >= 15 is 0 Å². The van der Waals surface area contributed by atoms with Crippen LogP contribution in [0.5, 0.6) is 5.88 Å². The van der Waals surface area contributed by atoms with Gasteiger partial charge in [-0.05, 0) is 43.7 Å². The van der Waals surface area contributed by atoms with E-state index in [0.29, 0.717) is 18.1 Å². The van der Waals surface area contributed by atoms with Gasteiger partial charge in [-0.15, -0.1) is 0 Å². The first-order valence-electron chi connectivity index (χ1n) is 7.03. The molecule has 1 aromatic heterocycles. The number of ether oxygens (including phenoxy) is 2. The fourth-order valence-corrected chi connectivity index (χ4v) is 2.75. The third-order valence-electron chi connectivity index (χ3n) is 3.83. The molecule has 108 valence electrons. The van der Waals surface area contributed by atoms with Crippen LogP contribution in [-0.4, -0.2) is 35.3 Å². The molecule has 0 radical (unpaired) electrons. The Bertz CT molecular complexity index is 525. The smallest absolute Gasteiger partial charge is 0.224 e. The van der Waals surface area contributed by atoms with Crippen molar-refractivity contribution in [1.82, 2.24) is 4.98 Å². The second-order valence-electron chi connectivity index (χ2n) is 5.23. The number of amidine groups is 1. The number of hydrogen-bond acceptors (Lipinski definition) is 5. The molecule has 0 spiro atoms. The van der Waals surface area contributed by atoms with Gasteiger partial charge in [0.15, 0.2) is 5.84 Å². The third-order valence-corrected chi connectivity index (χ3v) is 3.83. The van der Waals surface area contributed by atoms with Gasteiger partial charge >= 0.3 is 0 Å². The molecule has 0 amide bonds. The highest BCUT2D eigenvalue weighted by atomic mass is 16.5. The number of hydrogen-bond donors (Lipinski definition) is 2. The molecule has 1 fully saturated rings. The van der Waals surface area contributed by atoms with Gasteiger partial charge in [0, 0.05) is 12.3 Å². The Morgan fingerprint density at radius 2 is 2.40 bits per heavy atom. The Labute approximate surface area is 117 Å². The molecule has 1 aromatic rings. The van der Waals surface area contributed by atoms with Crippen LogP contribution in [0.15, 0.2) is 11.2 Å². The van der Waals surface area contributed by atoms with Crippen molar-refractivity contribution in [3.63, 3.8) is 0 Å². The maximum atomic E-state index is 8.90. The SMILES string of the molecule is NC(=NO)c1cc2c(nc1OCC1CCCO1)CCC2. The number of nitrogens with two attached hydrogens (primary N) is 1. The van der Waals surface area contributed by atoms with Crippen LogP contribution in [0, 0.1) is 0 Å². The zero-order valence-corrected chi connectivity index (χ0v) is 11.3. The fraction of sp³-hybridized carbons (Fsp3) is 0.571. The van der Waals surface area contributed by atoms with Crippen molar-refractivity contribution in [1.29, 1.82) is 0 Å². The van der Waals surface area contributed by atoms with E-state index in [-0.39, 0.29) is 11.9 Å². The summed E-state index contributed by atoms with van der Waals surface area (Å²) >= 11 is 0. The molecule has 6 nitrogen and oxygen atoms in total. The normalized spacial score (nSPS) is 22.0. The molecule has 3 rings (SSSR count). The molecular weight excluding hydrogens is 258 g/mol. The topological polar surface area (TPSA) is 90.0 Å². The number of oxime groups is 1. The number of fused-ring (bicyclic) bond motifs is 1. The molecule has 1 aliphatic carbocycles. The molecule has 0 bridgehead atoms. The lowest BCUT2D eigenvalue weighted by Crippen LogP contribution is -2.21. The Kier molecular flexibility index (Phi) is 3.73. The van der Waals surface area contributed by atoms with Crippen molar-refractivity contribution in [3.05, 3.63) is 22.9 Å². The standard InChI is InChI=1S/C14H19N3O3/c15-13(17-18)11-7-9-3-1-5-12(9)16-14(11)20-8-10-4-2-6-19-10/h7,10,18H,1-6,8H2,(H2,15,17). The number of nitrogens with zero attached hydrogens (tertiary/aromatic N) is 2. The van der Waals surface area contributed by atoms with E-state index in [1.54, 1.807) is 0 Å². The highest BCUT2D eigenvalue weighted by molar-refractivity contribution is 5.99. The predicted molar refractivity (Wildman–Crippen MR) is 73.2 cm³/mol. The summed E-state index contributed by atoms with van der Waals surface area (Å²) in [5.41, 5.74) is 8.50. The number of pyridine rings is 1. The summed E-state index contributed by atoms with van der Waals surface area (Å²) in [6.45, 7) is 1.25. The first kappa shape index (κ1) is 13.2. The van der Waals surface area contributed by atoms with Crippen LogP contribution in [0.2, 0.25) is 0 Å². The summed E-state index contributed by atoms with van der Waals surface area (Å²) in [5.74, 6) is 0.478. The molecule has 1 atom stereocenters. The Morgan fingerprint density at radius 1 is 1.50 bits per heavy atom. The summed E-state index contributed by atoms with van der Waals surface area (Å²) in [5, 5.41) is 12.0. The molecule has 1 unspecified atom stereocenters. The van der Waals surface area contributed by atoms with E-state index in [1.165, 1.54) is 0 Å². The first-order chi connectivity index (χ1) is 9.78. The van der Waals surface area contributed by atoms with Crippen molar-refractivity contribution in [2.75, 3.05) is 13.2 Å². The third kappa shape index (κ3) is 2.56. The lowest BCUT2D eigenvalue weighted by atomic mass is 10.1. The molecule has 20 heavy (non-hydrogen) atoms. The minimum Gasteiger partial charge on any atom is -0.474 e. The van der Waals surface area contributed by atoms with Gasteiger partial charge in [0.2, 0.25) is 5.88 Å². The molecular formula is C14H19N3O3. The van der Waals surface area contributed by atoms with Gasteiger partial charge in [-0.3, -0.25) is 0 Å². The second-order valence-corrected chi connectivity index (χ2v) is 5.23. The Morgan fingerprint density at radius 3 is 3.15 bits per heavy atom. The lowest BCUT2D eigenvalue weighted by molar-refractivity contribution is 0.0662. The van der Waals surface area contributed by atoms with Gasteiger partial charge in [0.05, 0.1) is 11.7 Å². The summed E-state index contributed by atoms with van der Waals surface area (Å²) in [6.07, 6.45) is 5.22. The maximum Gasteiger partial charge on any atom is 0.224 e. The van der Waals surface area contributed by atoms with Crippen LogP contribution in [0.25, 0.3) is 0 Å². The minimum absolute atomic E-state index is 0.0366. The average molecular weight is 277 g/mol. The highest BCUT2D eigenvalue weighted by Crippen LogP contribution is 2.27. The van der Waals surface area contributed by atoms with E-state index in [9.17, 15) is 0 Å². The zero-order chi connectivity index (χ0) is 13.9. The Hall–Kier alpha value is -1.82. The van der Waals surface area contributed by atoms with Gasteiger partial charge in [-0.25, -0.2) is 4.98 Å². The summed E-state index contributed by atoms with van der Waals surface area (Å²) in [6, 6.07) is 1.93. The molecule has 3 N–H and O–H groups in total. The maximum absolute atomic E-state index is 8.90. The number of aromatic nitrogens is 1. The van der Waals surface area contributed by atoms with Crippen LogP contribution >= 0.6 is 0 Å². The lowest BCUT2D eigenvalue weighted by Gasteiger charge is -2.14. The van der Waals surface area contributed by atoms with Crippen LogP contribution < -0.4 is 10.5 Å². The number of rotatable bonds is 4. The molecule has 0 aromatic carbocycles. The first-order valence-corrected chi connectivity index (χ1v) is 7.03. The van der Waals surface area contributed by atoms with Crippen molar-refractivity contribution in [2.45, 2.75) is 38.2 Å². The fourth-order valence-electron chi connectivity index (χ4n) is 2.75. The molecule has 1 saturated heterocycles. The Balaban J connectivity index is 1.83. The van der Waals surface area contributed by atoms with Crippen molar-refractivity contribution >= 4 is 5.84 Å². The molecule has 1 aliphatic heterocycles. The summed E-state index contributed by atoms with van der Waals surface area (Å²) in [7, 11) is 0. The van der Waals surface area contributed by atoms with Crippen LogP contribution in [0.3, 0.4) is 0 Å². The quantitative estimate of drug-likeness (QED) is 0.374. The van der Waals surface area contributed by atoms with Gasteiger partial charge in [-0.1, -0.05) is 5.16 Å². The van der Waals surface area contributed by atoms with E-state index in [4.69, 9.17) is 20.4 Å². The molecule has 6 heteroatoms.